The summed E-state index contributed by atoms with van der Waals surface area (Å²) in [6.07, 6.45) is 1.94. The number of rotatable bonds is 9. The number of benzene rings is 1. The van der Waals surface area contributed by atoms with E-state index in [1.807, 2.05) is 12.1 Å². The van der Waals surface area contributed by atoms with Gasteiger partial charge < -0.3 is 29.0 Å². The van der Waals surface area contributed by atoms with Gasteiger partial charge in [-0.2, -0.15) is 0 Å². The van der Waals surface area contributed by atoms with Crippen molar-refractivity contribution in [2.75, 3.05) is 47.6 Å². The second kappa shape index (κ2) is 9.85. The number of piperidine rings is 1. The van der Waals surface area contributed by atoms with E-state index in [9.17, 15) is 5.11 Å². The van der Waals surface area contributed by atoms with E-state index in [4.69, 9.17) is 18.9 Å². The van der Waals surface area contributed by atoms with E-state index >= 15 is 0 Å². The molecule has 6 nitrogen and oxygen atoms in total. The highest BCUT2D eigenvalue weighted by Gasteiger charge is 2.18. The molecule has 1 aromatic rings. The molecule has 1 aliphatic rings. The summed E-state index contributed by atoms with van der Waals surface area (Å²) >= 11 is 0. The van der Waals surface area contributed by atoms with Gasteiger partial charge in [-0.3, -0.25) is 0 Å². The van der Waals surface area contributed by atoms with Gasteiger partial charge in [-0.25, -0.2) is 0 Å². The first-order chi connectivity index (χ1) is 12.1. The smallest absolute Gasteiger partial charge is 0.203 e. The zero-order valence-electron chi connectivity index (χ0n) is 15.8. The average molecular weight is 353 g/mol. The van der Waals surface area contributed by atoms with Crippen LogP contribution in [0.5, 0.6) is 17.2 Å². The number of aliphatic hydroxyl groups excluding tert-OH is 1. The van der Waals surface area contributed by atoms with Crippen LogP contribution in [0.25, 0.3) is 0 Å². The van der Waals surface area contributed by atoms with E-state index in [0.29, 0.717) is 37.0 Å². The number of β-amino-alcohol motifs (C(OH)–C–C–N with tert-alkyl or cyclic N) is 1. The van der Waals surface area contributed by atoms with Gasteiger partial charge in [0, 0.05) is 6.54 Å². The van der Waals surface area contributed by atoms with Crippen molar-refractivity contribution in [3.05, 3.63) is 17.7 Å². The summed E-state index contributed by atoms with van der Waals surface area (Å²) in [6.45, 7) is 5.76. The van der Waals surface area contributed by atoms with Crippen LogP contribution in [-0.4, -0.2) is 63.7 Å². The topological polar surface area (TPSA) is 60.4 Å². The van der Waals surface area contributed by atoms with Crippen molar-refractivity contribution in [1.82, 2.24) is 4.90 Å². The molecule has 0 bridgehead atoms. The van der Waals surface area contributed by atoms with Crippen molar-refractivity contribution in [2.45, 2.75) is 32.5 Å². The first-order valence-electron chi connectivity index (χ1n) is 8.84. The predicted molar refractivity (Wildman–Crippen MR) is 96.6 cm³/mol. The fraction of sp³-hybridized carbons (Fsp3) is 0.684. The fourth-order valence-corrected chi connectivity index (χ4v) is 3.13. The lowest BCUT2D eigenvalue weighted by Gasteiger charge is -2.31. The Balaban J connectivity index is 1.82. The molecule has 0 saturated carbocycles. The molecule has 1 N–H and O–H groups in total. The Bertz CT molecular complexity index is 504. The number of methoxy groups -OCH3 is 3. The molecule has 0 unspecified atom stereocenters. The highest BCUT2D eigenvalue weighted by molar-refractivity contribution is 5.53. The molecule has 1 saturated heterocycles. The predicted octanol–water partition coefficient (Wildman–Crippen LogP) is 2.32. The normalized spacial score (nSPS) is 17.3. The van der Waals surface area contributed by atoms with E-state index in [1.165, 1.54) is 12.8 Å². The Kier molecular flexibility index (Phi) is 7.81. The van der Waals surface area contributed by atoms with E-state index in [0.717, 1.165) is 24.6 Å². The van der Waals surface area contributed by atoms with Crippen molar-refractivity contribution >= 4 is 0 Å². The SMILES string of the molecule is COc1cc(COC[C@H](O)CN2CCC(C)CC2)cc(OC)c1OC. The van der Waals surface area contributed by atoms with Gasteiger partial charge in [-0.1, -0.05) is 6.92 Å². The van der Waals surface area contributed by atoms with Crippen LogP contribution in [0.3, 0.4) is 0 Å². The van der Waals surface area contributed by atoms with Crippen LogP contribution in [-0.2, 0) is 11.3 Å². The summed E-state index contributed by atoms with van der Waals surface area (Å²) in [7, 11) is 4.75. The third kappa shape index (κ3) is 5.76. The summed E-state index contributed by atoms with van der Waals surface area (Å²) in [4.78, 5) is 2.31. The van der Waals surface area contributed by atoms with Gasteiger partial charge in [-0.15, -0.1) is 0 Å². The minimum atomic E-state index is -0.476. The third-order valence-electron chi connectivity index (χ3n) is 4.65. The monoisotopic (exact) mass is 353 g/mol. The highest BCUT2D eigenvalue weighted by atomic mass is 16.5. The molecule has 142 valence electrons. The lowest BCUT2D eigenvalue weighted by atomic mass is 9.99. The zero-order valence-corrected chi connectivity index (χ0v) is 15.8. The van der Waals surface area contributed by atoms with Crippen molar-refractivity contribution in [3.63, 3.8) is 0 Å². The molecule has 1 aromatic carbocycles. The quantitative estimate of drug-likeness (QED) is 0.735. The zero-order chi connectivity index (χ0) is 18.2. The molecule has 0 aliphatic carbocycles. The maximum Gasteiger partial charge on any atom is 0.203 e. The van der Waals surface area contributed by atoms with Crippen LogP contribution in [0, 0.1) is 5.92 Å². The van der Waals surface area contributed by atoms with Gasteiger partial charge >= 0.3 is 0 Å². The number of likely N-dealkylation sites (tertiary alicyclic amines) is 1. The Labute approximate surface area is 150 Å². The summed E-state index contributed by atoms with van der Waals surface area (Å²) in [5.74, 6) is 2.56. The maximum absolute atomic E-state index is 10.2. The van der Waals surface area contributed by atoms with Crippen LogP contribution < -0.4 is 14.2 Å². The molecule has 0 aromatic heterocycles. The van der Waals surface area contributed by atoms with E-state index in [1.54, 1.807) is 21.3 Å². The van der Waals surface area contributed by atoms with Gasteiger partial charge in [-0.05, 0) is 49.5 Å². The standard InChI is InChI=1S/C19H31NO5/c1-14-5-7-20(8-6-14)11-16(21)13-25-12-15-9-17(22-2)19(24-4)18(10-15)23-3/h9-10,14,16,21H,5-8,11-13H2,1-4H3/t16-/m1/s1. The number of aliphatic hydroxyl groups is 1. The summed E-state index contributed by atoms with van der Waals surface area (Å²) in [5.41, 5.74) is 0.911. The molecular formula is C19H31NO5. The van der Waals surface area contributed by atoms with E-state index in [2.05, 4.69) is 11.8 Å². The molecule has 1 atom stereocenters. The van der Waals surface area contributed by atoms with Crippen molar-refractivity contribution < 1.29 is 24.1 Å². The molecule has 1 heterocycles. The average Bonchev–Trinajstić information content (AvgIpc) is 2.62. The molecular weight excluding hydrogens is 322 g/mol. The van der Waals surface area contributed by atoms with Gasteiger partial charge in [0.15, 0.2) is 11.5 Å². The number of hydrogen-bond donors (Lipinski definition) is 1. The first-order valence-corrected chi connectivity index (χ1v) is 8.84. The minimum Gasteiger partial charge on any atom is -0.493 e. The van der Waals surface area contributed by atoms with Crippen molar-refractivity contribution in [1.29, 1.82) is 0 Å². The lowest BCUT2D eigenvalue weighted by Crippen LogP contribution is -2.39. The molecule has 1 aliphatic heterocycles. The fourth-order valence-electron chi connectivity index (χ4n) is 3.13. The highest BCUT2D eigenvalue weighted by Crippen LogP contribution is 2.38. The summed E-state index contributed by atoms with van der Waals surface area (Å²) in [5, 5.41) is 10.2. The Hall–Kier alpha value is -1.50. The Morgan fingerprint density at radius 3 is 2.20 bits per heavy atom. The van der Waals surface area contributed by atoms with Crippen molar-refractivity contribution in [3.8, 4) is 17.2 Å². The maximum atomic E-state index is 10.2. The Morgan fingerprint density at radius 1 is 1.08 bits per heavy atom. The number of ether oxygens (including phenoxy) is 4. The van der Waals surface area contributed by atoms with Crippen molar-refractivity contribution in [2.24, 2.45) is 5.92 Å². The van der Waals surface area contributed by atoms with E-state index in [-0.39, 0.29) is 0 Å². The van der Waals surface area contributed by atoms with Crippen LogP contribution in [0.15, 0.2) is 12.1 Å². The van der Waals surface area contributed by atoms with E-state index < -0.39 is 6.10 Å². The molecule has 25 heavy (non-hydrogen) atoms. The van der Waals surface area contributed by atoms with Gasteiger partial charge in [0.25, 0.3) is 0 Å². The number of nitrogens with zero attached hydrogens (tertiary/aromatic N) is 1. The third-order valence-corrected chi connectivity index (χ3v) is 4.65. The second-order valence-corrected chi connectivity index (χ2v) is 6.69. The van der Waals surface area contributed by atoms with Crippen LogP contribution >= 0.6 is 0 Å². The molecule has 0 amide bonds. The molecule has 1 fully saturated rings. The van der Waals surface area contributed by atoms with Crippen LogP contribution in [0.2, 0.25) is 0 Å². The lowest BCUT2D eigenvalue weighted by molar-refractivity contribution is 0.00489. The van der Waals surface area contributed by atoms with Gasteiger partial charge in [0.1, 0.15) is 0 Å². The van der Waals surface area contributed by atoms with Gasteiger partial charge in [0.2, 0.25) is 5.75 Å². The number of hydrogen-bond acceptors (Lipinski definition) is 6. The summed E-state index contributed by atoms with van der Waals surface area (Å²) < 4.78 is 21.7. The van der Waals surface area contributed by atoms with Gasteiger partial charge in [0.05, 0.1) is 40.6 Å². The molecule has 0 spiro atoms. The second-order valence-electron chi connectivity index (χ2n) is 6.69. The van der Waals surface area contributed by atoms with Crippen LogP contribution in [0.1, 0.15) is 25.3 Å². The Morgan fingerprint density at radius 2 is 1.68 bits per heavy atom. The summed E-state index contributed by atoms with van der Waals surface area (Å²) in [6, 6.07) is 3.72. The minimum absolute atomic E-state index is 0.308. The first kappa shape index (κ1) is 19.8. The molecule has 0 radical (unpaired) electrons. The largest absolute Gasteiger partial charge is 0.493 e. The van der Waals surface area contributed by atoms with Crippen LogP contribution in [0.4, 0.5) is 0 Å². The molecule has 2 rings (SSSR count). The molecule has 6 heteroatoms.